The lowest BCUT2D eigenvalue weighted by atomic mass is 9.84. The number of rotatable bonds is 7. The summed E-state index contributed by atoms with van der Waals surface area (Å²) in [6.45, 7) is 6.28. The van der Waals surface area contributed by atoms with E-state index in [1.807, 2.05) is 0 Å². The second kappa shape index (κ2) is 8.09. The zero-order valence-electron chi connectivity index (χ0n) is 12.9. The van der Waals surface area contributed by atoms with Crippen LogP contribution in [0.15, 0.2) is 0 Å². The zero-order chi connectivity index (χ0) is 15.4. The fourth-order valence-electron chi connectivity index (χ4n) is 3.56. The summed E-state index contributed by atoms with van der Waals surface area (Å²) in [6, 6.07) is -0.352. The molecule has 2 aliphatic heterocycles. The topological polar surface area (TPSA) is 62.2 Å². The fourth-order valence-corrected chi connectivity index (χ4v) is 3.91. The van der Waals surface area contributed by atoms with Crippen molar-refractivity contribution in [3.8, 4) is 0 Å². The van der Waals surface area contributed by atoms with Gasteiger partial charge in [0.15, 0.2) is 6.29 Å². The molecule has 0 spiro atoms. The molecule has 6 heteroatoms. The largest absolute Gasteiger partial charge is 0.395 e. The molecule has 0 aliphatic carbocycles. The highest BCUT2D eigenvalue weighted by molar-refractivity contribution is 6.13. The number of ether oxygens (including phenoxy) is 2. The van der Waals surface area contributed by atoms with Crippen molar-refractivity contribution < 1.29 is 19.7 Å². The first-order valence-electron chi connectivity index (χ1n) is 7.95. The third-order valence-corrected chi connectivity index (χ3v) is 4.88. The summed E-state index contributed by atoms with van der Waals surface area (Å²) in [5, 5.41) is 19.6. The number of aliphatic hydroxyl groups excluding tert-OH is 2. The van der Waals surface area contributed by atoms with Crippen LogP contribution in [-0.2, 0) is 9.47 Å². The van der Waals surface area contributed by atoms with E-state index in [2.05, 4.69) is 13.8 Å². The van der Waals surface area contributed by atoms with Gasteiger partial charge in [-0.25, -0.2) is 4.42 Å². The Morgan fingerprint density at radius 3 is 2.43 bits per heavy atom. The first-order valence-corrected chi connectivity index (χ1v) is 8.29. The number of halogens is 1. The second-order valence-corrected chi connectivity index (χ2v) is 7.16. The van der Waals surface area contributed by atoms with E-state index >= 15 is 0 Å². The molecule has 2 saturated heterocycles. The SMILES string of the molecule is CC(C)C[C@H](CC1OCCO1)CC1CN(Cl)[C@H](CO)[C@@H]1O. The Labute approximate surface area is 132 Å². The second-order valence-electron chi connectivity index (χ2n) is 6.72. The average molecular weight is 322 g/mol. The Hall–Kier alpha value is 0.0900. The van der Waals surface area contributed by atoms with E-state index in [9.17, 15) is 10.2 Å². The third kappa shape index (κ3) is 4.78. The maximum Gasteiger partial charge on any atom is 0.158 e. The Balaban J connectivity index is 1.91. The highest BCUT2D eigenvalue weighted by atomic mass is 35.5. The Morgan fingerprint density at radius 1 is 1.24 bits per heavy atom. The zero-order valence-corrected chi connectivity index (χ0v) is 13.7. The van der Waals surface area contributed by atoms with E-state index in [0.717, 1.165) is 19.3 Å². The summed E-state index contributed by atoms with van der Waals surface area (Å²) in [6.07, 6.45) is 2.18. The van der Waals surface area contributed by atoms with Gasteiger partial charge in [-0.15, -0.1) is 0 Å². The van der Waals surface area contributed by atoms with Crippen molar-refractivity contribution in [2.75, 3.05) is 26.4 Å². The molecule has 5 nitrogen and oxygen atoms in total. The van der Waals surface area contributed by atoms with Crippen molar-refractivity contribution in [3.63, 3.8) is 0 Å². The van der Waals surface area contributed by atoms with Crippen LogP contribution in [0.3, 0.4) is 0 Å². The van der Waals surface area contributed by atoms with Crippen molar-refractivity contribution >= 4 is 11.8 Å². The fraction of sp³-hybridized carbons (Fsp3) is 1.00. The third-order valence-electron chi connectivity index (χ3n) is 4.49. The Morgan fingerprint density at radius 2 is 1.90 bits per heavy atom. The van der Waals surface area contributed by atoms with Crippen LogP contribution < -0.4 is 0 Å². The van der Waals surface area contributed by atoms with Gasteiger partial charge in [0.25, 0.3) is 0 Å². The first-order chi connectivity index (χ1) is 10.0. The molecule has 2 N–H and O–H groups in total. The molecule has 0 aromatic heterocycles. The van der Waals surface area contributed by atoms with Crippen molar-refractivity contribution in [3.05, 3.63) is 0 Å². The maximum absolute atomic E-state index is 10.3. The van der Waals surface area contributed by atoms with Gasteiger partial charge in [-0.1, -0.05) is 13.8 Å². The summed E-state index contributed by atoms with van der Waals surface area (Å²) >= 11 is 6.09. The molecule has 2 fully saturated rings. The van der Waals surface area contributed by atoms with Crippen molar-refractivity contribution in [1.29, 1.82) is 0 Å². The van der Waals surface area contributed by atoms with Crippen LogP contribution >= 0.6 is 11.8 Å². The van der Waals surface area contributed by atoms with E-state index in [1.54, 1.807) is 4.42 Å². The average Bonchev–Trinajstić information content (AvgIpc) is 2.98. The van der Waals surface area contributed by atoms with Gasteiger partial charge in [0.05, 0.1) is 32.0 Å². The standard InChI is InChI=1S/C15H28ClNO4/c1-10(2)5-11(7-14-20-3-4-21-14)6-12-8-17(16)13(9-18)15(12)19/h10-15,18-19H,3-9H2,1-2H3/t11-,12?,13+,15+/m0/s1. The summed E-state index contributed by atoms with van der Waals surface area (Å²) in [7, 11) is 0. The van der Waals surface area contributed by atoms with Crippen molar-refractivity contribution in [2.45, 2.75) is 51.5 Å². The molecule has 124 valence electrons. The molecule has 0 aromatic carbocycles. The lowest BCUT2D eigenvalue weighted by molar-refractivity contribution is -0.0615. The van der Waals surface area contributed by atoms with E-state index in [4.69, 9.17) is 21.3 Å². The quantitative estimate of drug-likeness (QED) is 0.698. The van der Waals surface area contributed by atoms with Crippen molar-refractivity contribution in [1.82, 2.24) is 4.42 Å². The highest BCUT2D eigenvalue weighted by Crippen LogP contribution is 2.34. The summed E-state index contributed by atoms with van der Waals surface area (Å²) < 4.78 is 12.7. The predicted octanol–water partition coefficient (Wildman–Crippen LogP) is 1.61. The maximum atomic E-state index is 10.3. The lowest BCUT2D eigenvalue weighted by Gasteiger charge is -2.26. The molecule has 0 radical (unpaired) electrons. The van der Waals surface area contributed by atoms with Crippen molar-refractivity contribution in [2.24, 2.45) is 17.8 Å². The molecule has 2 aliphatic rings. The highest BCUT2D eigenvalue weighted by Gasteiger charge is 2.41. The monoisotopic (exact) mass is 321 g/mol. The molecule has 0 bridgehead atoms. The lowest BCUT2D eigenvalue weighted by Crippen LogP contribution is -2.34. The summed E-state index contributed by atoms with van der Waals surface area (Å²) in [5.41, 5.74) is 0. The smallest absolute Gasteiger partial charge is 0.158 e. The van der Waals surface area contributed by atoms with Crippen LogP contribution in [0.5, 0.6) is 0 Å². The van der Waals surface area contributed by atoms with Crippen LogP contribution in [0, 0.1) is 17.8 Å². The summed E-state index contributed by atoms with van der Waals surface area (Å²) in [4.78, 5) is 0. The molecule has 2 heterocycles. The molecule has 1 unspecified atom stereocenters. The van der Waals surface area contributed by atoms with E-state index in [0.29, 0.717) is 31.6 Å². The number of hydrogen-bond donors (Lipinski definition) is 2. The molecule has 0 aromatic rings. The van der Waals surface area contributed by atoms with Gasteiger partial charge < -0.3 is 19.7 Å². The van der Waals surface area contributed by atoms with Gasteiger partial charge in [0.2, 0.25) is 0 Å². The van der Waals surface area contributed by atoms with Gasteiger partial charge in [-0.2, -0.15) is 0 Å². The minimum atomic E-state index is -0.562. The van der Waals surface area contributed by atoms with Crippen LogP contribution in [0.25, 0.3) is 0 Å². The Bertz CT molecular complexity index is 312. The predicted molar refractivity (Wildman–Crippen MR) is 80.8 cm³/mol. The van der Waals surface area contributed by atoms with Crippen LogP contribution in [0.4, 0.5) is 0 Å². The molecule has 0 amide bonds. The minimum absolute atomic E-state index is 0.102. The van der Waals surface area contributed by atoms with Gasteiger partial charge in [-0.05, 0) is 36.5 Å². The first kappa shape index (κ1) is 17.4. The Kier molecular flexibility index (Phi) is 6.72. The molecule has 21 heavy (non-hydrogen) atoms. The number of nitrogens with zero attached hydrogens (tertiary/aromatic N) is 1. The van der Waals surface area contributed by atoms with E-state index in [-0.39, 0.29) is 24.9 Å². The number of hydrogen-bond acceptors (Lipinski definition) is 5. The molecule has 2 rings (SSSR count). The molecular weight excluding hydrogens is 294 g/mol. The normalized spacial score (nSPS) is 33.1. The van der Waals surface area contributed by atoms with E-state index < -0.39 is 6.10 Å². The molecular formula is C15H28ClNO4. The van der Waals surface area contributed by atoms with Gasteiger partial charge in [0.1, 0.15) is 0 Å². The summed E-state index contributed by atoms with van der Waals surface area (Å²) in [5.74, 6) is 1.13. The van der Waals surface area contributed by atoms with Crippen LogP contribution in [0.2, 0.25) is 0 Å². The number of aliphatic hydroxyl groups is 2. The van der Waals surface area contributed by atoms with Crippen LogP contribution in [-0.4, -0.2) is 59.4 Å². The minimum Gasteiger partial charge on any atom is -0.395 e. The molecule has 4 atom stereocenters. The van der Waals surface area contributed by atoms with E-state index in [1.165, 1.54) is 0 Å². The van der Waals surface area contributed by atoms with Gasteiger partial charge in [-0.3, -0.25) is 0 Å². The van der Waals surface area contributed by atoms with Gasteiger partial charge in [0, 0.05) is 18.9 Å². The van der Waals surface area contributed by atoms with Crippen LogP contribution in [0.1, 0.15) is 33.1 Å². The van der Waals surface area contributed by atoms with Gasteiger partial charge >= 0.3 is 0 Å². The molecule has 0 saturated carbocycles.